The van der Waals surface area contributed by atoms with E-state index < -0.39 is 15.9 Å². The number of hydrogen-bond donors (Lipinski definition) is 1. The first kappa shape index (κ1) is 25.1. The van der Waals surface area contributed by atoms with E-state index in [0.29, 0.717) is 24.5 Å². The van der Waals surface area contributed by atoms with Crippen LogP contribution in [0, 0.1) is 0 Å². The zero-order chi connectivity index (χ0) is 23.8. The summed E-state index contributed by atoms with van der Waals surface area (Å²) in [4.78, 5) is 12.6. The Morgan fingerprint density at radius 2 is 1.70 bits per heavy atom. The topological polar surface area (TPSA) is 75.7 Å². The molecule has 0 radical (unpaired) electrons. The van der Waals surface area contributed by atoms with E-state index in [-0.39, 0.29) is 28.0 Å². The minimum absolute atomic E-state index is 0.0380. The van der Waals surface area contributed by atoms with Crippen molar-refractivity contribution in [1.82, 2.24) is 4.31 Å². The Balaban J connectivity index is 1.81. The summed E-state index contributed by atoms with van der Waals surface area (Å²) in [6.07, 6.45) is 0.425. The molecule has 0 aliphatic carbocycles. The first-order chi connectivity index (χ1) is 15.8. The third-order valence-corrected chi connectivity index (χ3v) is 7.33. The molecule has 33 heavy (non-hydrogen) atoms. The SMILES string of the molecule is CCOc1ccc(NC(=O)CN(CCc2ccccc2)S(=O)(=O)c2cc(Cl)ccc2Cl)cc1. The zero-order valence-corrected chi connectivity index (χ0v) is 20.3. The van der Waals surface area contributed by atoms with Gasteiger partial charge in [-0.15, -0.1) is 0 Å². The maximum atomic E-state index is 13.4. The maximum absolute atomic E-state index is 13.4. The van der Waals surface area contributed by atoms with Gasteiger partial charge in [0.05, 0.1) is 18.2 Å². The third kappa shape index (κ3) is 6.95. The van der Waals surface area contributed by atoms with Gasteiger partial charge in [0, 0.05) is 17.3 Å². The molecule has 3 aromatic rings. The van der Waals surface area contributed by atoms with Crippen LogP contribution in [0.1, 0.15) is 12.5 Å². The molecular formula is C24H24Cl2N2O4S. The van der Waals surface area contributed by atoms with E-state index in [0.717, 1.165) is 9.87 Å². The molecule has 3 aromatic carbocycles. The number of carbonyl (C=O) groups is 1. The highest BCUT2D eigenvalue weighted by Gasteiger charge is 2.29. The summed E-state index contributed by atoms with van der Waals surface area (Å²) in [6, 6.07) is 20.5. The maximum Gasteiger partial charge on any atom is 0.245 e. The molecule has 0 spiro atoms. The van der Waals surface area contributed by atoms with Crippen LogP contribution in [0.5, 0.6) is 5.75 Å². The van der Waals surface area contributed by atoms with Gasteiger partial charge in [-0.05, 0) is 61.4 Å². The van der Waals surface area contributed by atoms with Crippen molar-refractivity contribution in [2.24, 2.45) is 0 Å². The molecule has 1 N–H and O–H groups in total. The molecule has 0 atom stereocenters. The van der Waals surface area contributed by atoms with Gasteiger partial charge >= 0.3 is 0 Å². The van der Waals surface area contributed by atoms with Gasteiger partial charge in [-0.25, -0.2) is 8.42 Å². The predicted octanol–water partition coefficient (Wildman–Crippen LogP) is 5.26. The van der Waals surface area contributed by atoms with Crippen molar-refractivity contribution >= 4 is 44.8 Å². The number of nitrogens with zero attached hydrogens (tertiary/aromatic N) is 1. The number of benzene rings is 3. The number of nitrogens with one attached hydrogen (secondary N) is 1. The molecule has 9 heteroatoms. The van der Waals surface area contributed by atoms with Crippen molar-refractivity contribution in [3.8, 4) is 5.75 Å². The first-order valence-corrected chi connectivity index (χ1v) is 12.5. The van der Waals surface area contributed by atoms with Crippen LogP contribution < -0.4 is 10.1 Å². The molecule has 0 saturated heterocycles. The number of sulfonamides is 1. The fourth-order valence-electron chi connectivity index (χ4n) is 3.16. The number of amides is 1. The van der Waals surface area contributed by atoms with Crippen LogP contribution in [0.25, 0.3) is 0 Å². The predicted molar refractivity (Wildman–Crippen MR) is 132 cm³/mol. The fourth-order valence-corrected chi connectivity index (χ4v) is 5.29. The Labute approximate surface area is 204 Å². The van der Waals surface area contributed by atoms with Crippen LogP contribution in [-0.4, -0.2) is 38.3 Å². The molecule has 0 aromatic heterocycles. The van der Waals surface area contributed by atoms with Crippen molar-refractivity contribution in [3.05, 3.63) is 88.4 Å². The van der Waals surface area contributed by atoms with Gasteiger partial charge in [-0.2, -0.15) is 4.31 Å². The van der Waals surface area contributed by atoms with Crippen molar-refractivity contribution in [2.75, 3.05) is 25.0 Å². The minimum Gasteiger partial charge on any atom is -0.494 e. The molecule has 0 aliphatic rings. The molecule has 0 saturated carbocycles. The third-order valence-electron chi connectivity index (χ3n) is 4.77. The van der Waals surface area contributed by atoms with Gasteiger partial charge in [0.15, 0.2) is 0 Å². The molecule has 1 amide bonds. The van der Waals surface area contributed by atoms with E-state index in [9.17, 15) is 13.2 Å². The Morgan fingerprint density at radius 3 is 2.36 bits per heavy atom. The van der Waals surface area contributed by atoms with E-state index in [1.165, 1.54) is 18.2 Å². The summed E-state index contributed by atoms with van der Waals surface area (Å²) in [6.45, 7) is 2.12. The minimum atomic E-state index is -4.09. The van der Waals surface area contributed by atoms with E-state index in [4.69, 9.17) is 27.9 Å². The smallest absolute Gasteiger partial charge is 0.245 e. The van der Waals surface area contributed by atoms with Crippen LogP contribution >= 0.6 is 23.2 Å². The summed E-state index contributed by atoms with van der Waals surface area (Å²) in [5.41, 5.74) is 1.48. The Bertz CT molecular complexity index is 1190. The number of carbonyl (C=O) groups excluding carboxylic acids is 1. The van der Waals surface area contributed by atoms with Crippen LogP contribution in [0.2, 0.25) is 10.0 Å². The van der Waals surface area contributed by atoms with Gasteiger partial charge in [0.1, 0.15) is 10.6 Å². The molecule has 3 rings (SSSR count). The summed E-state index contributed by atoms with van der Waals surface area (Å²) in [7, 11) is -4.09. The highest BCUT2D eigenvalue weighted by atomic mass is 35.5. The number of anilines is 1. The summed E-state index contributed by atoms with van der Waals surface area (Å²) in [5, 5.41) is 3.00. The molecule has 0 unspecified atom stereocenters. The largest absolute Gasteiger partial charge is 0.494 e. The summed E-state index contributed by atoms with van der Waals surface area (Å²) < 4.78 is 33.3. The lowest BCUT2D eigenvalue weighted by atomic mass is 10.1. The van der Waals surface area contributed by atoms with Crippen LogP contribution in [0.3, 0.4) is 0 Å². The fraction of sp³-hybridized carbons (Fsp3) is 0.208. The normalized spacial score (nSPS) is 11.4. The van der Waals surface area contributed by atoms with Crippen molar-refractivity contribution in [2.45, 2.75) is 18.2 Å². The molecular weight excluding hydrogens is 483 g/mol. The molecule has 6 nitrogen and oxygen atoms in total. The molecule has 174 valence electrons. The van der Waals surface area contributed by atoms with Crippen LogP contribution in [-0.2, 0) is 21.2 Å². The van der Waals surface area contributed by atoms with Gasteiger partial charge < -0.3 is 10.1 Å². The first-order valence-electron chi connectivity index (χ1n) is 10.3. The number of ether oxygens (including phenoxy) is 1. The summed E-state index contributed by atoms with van der Waals surface area (Å²) in [5.74, 6) is 0.201. The van der Waals surface area contributed by atoms with Crippen molar-refractivity contribution < 1.29 is 17.9 Å². The molecule has 0 bridgehead atoms. The van der Waals surface area contributed by atoms with Gasteiger partial charge in [-0.3, -0.25) is 4.79 Å². The van der Waals surface area contributed by atoms with E-state index in [2.05, 4.69) is 5.32 Å². The Morgan fingerprint density at radius 1 is 1.00 bits per heavy atom. The van der Waals surface area contributed by atoms with Crippen LogP contribution in [0.4, 0.5) is 5.69 Å². The quantitative estimate of drug-likeness (QED) is 0.406. The average molecular weight is 507 g/mol. The van der Waals surface area contributed by atoms with Gasteiger partial charge in [0.25, 0.3) is 0 Å². The Hall–Kier alpha value is -2.58. The number of hydrogen-bond acceptors (Lipinski definition) is 4. The second-order valence-corrected chi connectivity index (χ2v) is 9.90. The standard InChI is InChI=1S/C24H24Cl2N2O4S/c1-2-32-21-11-9-20(10-12-21)27-24(29)17-28(15-14-18-6-4-3-5-7-18)33(30,31)23-16-19(25)8-13-22(23)26/h3-13,16H,2,14-15,17H2,1H3,(H,27,29). The highest BCUT2D eigenvalue weighted by molar-refractivity contribution is 7.89. The lowest BCUT2D eigenvalue weighted by Gasteiger charge is -2.22. The van der Waals surface area contributed by atoms with Gasteiger partial charge in [-0.1, -0.05) is 53.5 Å². The molecule has 0 fully saturated rings. The molecule has 0 heterocycles. The average Bonchev–Trinajstić information content (AvgIpc) is 2.80. The zero-order valence-electron chi connectivity index (χ0n) is 18.0. The molecule has 0 aliphatic heterocycles. The lowest BCUT2D eigenvalue weighted by molar-refractivity contribution is -0.116. The van der Waals surface area contributed by atoms with Crippen LogP contribution in [0.15, 0.2) is 77.7 Å². The lowest BCUT2D eigenvalue weighted by Crippen LogP contribution is -2.39. The van der Waals surface area contributed by atoms with Crippen molar-refractivity contribution in [3.63, 3.8) is 0 Å². The van der Waals surface area contributed by atoms with E-state index >= 15 is 0 Å². The number of halogens is 2. The second kappa shape index (κ2) is 11.5. The van der Waals surface area contributed by atoms with Crippen molar-refractivity contribution in [1.29, 1.82) is 0 Å². The van der Waals surface area contributed by atoms with E-state index in [1.807, 2.05) is 37.3 Å². The second-order valence-electron chi connectivity index (χ2n) is 7.15. The highest BCUT2D eigenvalue weighted by Crippen LogP contribution is 2.28. The van der Waals surface area contributed by atoms with Gasteiger partial charge in [0.2, 0.25) is 15.9 Å². The Kier molecular flexibility index (Phi) is 8.74. The summed E-state index contributed by atoms with van der Waals surface area (Å²) >= 11 is 12.2. The number of rotatable bonds is 10. The monoisotopic (exact) mass is 506 g/mol. The van der Waals surface area contributed by atoms with E-state index in [1.54, 1.807) is 24.3 Å².